The second kappa shape index (κ2) is 6.56. The summed E-state index contributed by atoms with van der Waals surface area (Å²) >= 11 is 1.65. The minimum Gasteiger partial charge on any atom is -0.496 e. The molecule has 0 atom stereocenters. The molecule has 2 N–H and O–H groups in total. The molecule has 114 valence electrons. The first kappa shape index (κ1) is 15.9. The number of thiazole rings is 1. The zero-order chi connectivity index (χ0) is 15.5. The van der Waals surface area contributed by atoms with Gasteiger partial charge in [0.25, 0.3) is 0 Å². The molecule has 0 amide bonds. The Bertz CT molecular complexity index is 603. The summed E-state index contributed by atoms with van der Waals surface area (Å²) in [5.41, 5.74) is 7.88. The van der Waals surface area contributed by atoms with Crippen LogP contribution in [0.15, 0.2) is 24.3 Å². The van der Waals surface area contributed by atoms with Crippen molar-refractivity contribution in [1.29, 1.82) is 0 Å². The van der Waals surface area contributed by atoms with Crippen LogP contribution in [0, 0.1) is 0 Å². The normalized spacial score (nSPS) is 11.7. The first-order valence-corrected chi connectivity index (χ1v) is 7.66. The van der Waals surface area contributed by atoms with E-state index in [0.717, 1.165) is 33.3 Å². The third-order valence-electron chi connectivity index (χ3n) is 3.14. The highest BCUT2D eigenvalue weighted by Gasteiger charge is 2.23. The van der Waals surface area contributed by atoms with Crippen LogP contribution < -0.4 is 10.5 Å². The Labute approximate surface area is 129 Å². The lowest BCUT2D eigenvalue weighted by molar-refractivity contribution is 0.180. The first-order valence-electron chi connectivity index (χ1n) is 6.84. The number of hydrogen-bond donors (Lipinski definition) is 1. The summed E-state index contributed by atoms with van der Waals surface area (Å²) < 4.78 is 10.6. The molecule has 5 heteroatoms. The largest absolute Gasteiger partial charge is 0.496 e. The van der Waals surface area contributed by atoms with Crippen LogP contribution in [0.3, 0.4) is 0 Å². The summed E-state index contributed by atoms with van der Waals surface area (Å²) in [7, 11) is 3.36. The van der Waals surface area contributed by atoms with E-state index in [1.165, 1.54) is 0 Å². The van der Waals surface area contributed by atoms with Crippen LogP contribution in [-0.2, 0) is 23.3 Å². The maximum atomic E-state index is 6.24. The van der Waals surface area contributed by atoms with Crippen molar-refractivity contribution < 1.29 is 9.47 Å². The van der Waals surface area contributed by atoms with Crippen LogP contribution in [0.25, 0.3) is 0 Å². The fraction of sp³-hybridized carbons (Fsp3) is 0.438. The standard InChI is InChI=1S/C16H22N2O2S/c1-16(2,17)15-12(10-19-3)18-14(21-15)9-11-7-5-6-8-13(11)20-4/h5-8H,9-10,17H2,1-4H3. The molecule has 2 aromatic rings. The van der Waals surface area contributed by atoms with Gasteiger partial charge in [-0.3, -0.25) is 0 Å². The fourth-order valence-corrected chi connectivity index (χ4v) is 3.33. The van der Waals surface area contributed by atoms with Crippen LogP contribution in [-0.4, -0.2) is 19.2 Å². The molecular formula is C16H22N2O2S. The van der Waals surface area contributed by atoms with Crippen LogP contribution in [0.5, 0.6) is 5.75 Å². The van der Waals surface area contributed by atoms with Gasteiger partial charge in [0.15, 0.2) is 0 Å². The highest BCUT2D eigenvalue weighted by Crippen LogP contribution is 2.31. The first-order chi connectivity index (χ1) is 9.95. The van der Waals surface area contributed by atoms with Crippen molar-refractivity contribution in [3.8, 4) is 5.75 Å². The molecular weight excluding hydrogens is 284 g/mol. The molecule has 1 aromatic heterocycles. The van der Waals surface area contributed by atoms with E-state index in [-0.39, 0.29) is 0 Å². The topological polar surface area (TPSA) is 57.4 Å². The third kappa shape index (κ3) is 3.81. The highest BCUT2D eigenvalue weighted by molar-refractivity contribution is 7.11. The summed E-state index contributed by atoms with van der Waals surface area (Å²) in [5, 5.41) is 1.03. The van der Waals surface area contributed by atoms with Crippen molar-refractivity contribution in [2.24, 2.45) is 5.73 Å². The van der Waals surface area contributed by atoms with Gasteiger partial charge in [0.2, 0.25) is 0 Å². The van der Waals surface area contributed by atoms with Crippen LogP contribution in [0.2, 0.25) is 0 Å². The van der Waals surface area contributed by atoms with E-state index in [2.05, 4.69) is 6.07 Å². The van der Waals surface area contributed by atoms with Gasteiger partial charge in [-0.05, 0) is 19.9 Å². The van der Waals surface area contributed by atoms with Gasteiger partial charge in [0.1, 0.15) is 5.75 Å². The molecule has 2 rings (SSSR count). The van der Waals surface area contributed by atoms with Gasteiger partial charge in [-0.2, -0.15) is 0 Å². The van der Waals surface area contributed by atoms with Crippen molar-refractivity contribution in [3.05, 3.63) is 45.4 Å². The molecule has 0 unspecified atom stereocenters. The molecule has 0 aliphatic heterocycles. The Morgan fingerprint density at radius 1 is 1.24 bits per heavy atom. The van der Waals surface area contributed by atoms with Crippen LogP contribution >= 0.6 is 11.3 Å². The minimum atomic E-state index is -0.412. The quantitative estimate of drug-likeness (QED) is 0.891. The number of rotatable bonds is 6. The molecule has 0 aliphatic rings. The lowest BCUT2D eigenvalue weighted by Gasteiger charge is -2.17. The van der Waals surface area contributed by atoms with Gasteiger partial charge >= 0.3 is 0 Å². The smallest absolute Gasteiger partial charge is 0.122 e. The van der Waals surface area contributed by atoms with Crippen LogP contribution in [0.1, 0.15) is 35.0 Å². The fourth-order valence-electron chi connectivity index (χ4n) is 2.23. The number of para-hydroxylation sites is 1. The van der Waals surface area contributed by atoms with E-state index >= 15 is 0 Å². The summed E-state index contributed by atoms with van der Waals surface area (Å²) in [6.07, 6.45) is 0.738. The molecule has 1 heterocycles. The van der Waals surface area contributed by atoms with Gasteiger partial charge in [0.05, 0.1) is 24.4 Å². The summed E-state index contributed by atoms with van der Waals surface area (Å²) in [4.78, 5) is 5.77. The van der Waals surface area contributed by atoms with Crippen molar-refractivity contribution >= 4 is 11.3 Å². The van der Waals surface area contributed by atoms with Gasteiger partial charge in [0, 0.05) is 29.5 Å². The second-order valence-corrected chi connectivity index (χ2v) is 6.61. The minimum absolute atomic E-state index is 0.412. The number of benzene rings is 1. The predicted molar refractivity (Wildman–Crippen MR) is 85.8 cm³/mol. The zero-order valence-electron chi connectivity index (χ0n) is 13.0. The Balaban J connectivity index is 2.32. The van der Waals surface area contributed by atoms with E-state index in [4.69, 9.17) is 20.2 Å². The van der Waals surface area contributed by atoms with Gasteiger partial charge in [-0.1, -0.05) is 18.2 Å². The Morgan fingerprint density at radius 2 is 1.95 bits per heavy atom. The Morgan fingerprint density at radius 3 is 2.57 bits per heavy atom. The van der Waals surface area contributed by atoms with Gasteiger partial charge in [-0.15, -0.1) is 11.3 Å². The molecule has 0 radical (unpaired) electrons. The summed E-state index contributed by atoms with van der Waals surface area (Å²) in [5.74, 6) is 0.884. The number of hydrogen-bond acceptors (Lipinski definition) is 5. The third-order valence-corrected chi connectivity index (χ3v) is 4.58. The zero-order valence-corrected chi connectivity index (χ0v) is 13.8. The number of methoxy groups -OCH3 is 2. The molecule has 4 nitrogen and oxygen atoms in total. The maximum absolute atomic E-state index is 6.24. The van der Waals surface area contributed by atoms with Crippen LogP contribution in [0.4, 0.5) is 0 Å². The number of aromatic nitrogens is 1. The molecule has 0 saturated heterocycles. The Hall–Kier alpha value is -1.43. The average Bonchev–Trinajstić information content (AvgIpc) is 2.83. The number of nitrogens with two attached hydrogens (primary N) is 1. The maximum Gasteiger partial charge on any atom is 0.122 e. The van der Waals surface area contributed by atoms with Crippen molar-refractivity contribution in [2.45, 2.75) is 32.4 Å². The highest BCUT2D eigenvalue weighted by atomic mass is 32.1. The summed E-state index contributed by atoms with van der Waals surface area (Å²) in [6.45, 7) is 4.47. The molecule has 0 saturated carbocycles. The molecule has 1 aromatic carbocycles. The van der Waals surface area contributed by atoms with E-state index in [0.29, 0.717) is 6.61 Å². The van der Waals surface area contributed by atoms with E-state index in [1.807, 2.05) is 32.0 Å². The number of ether oxygens (including phenoxy) is 2. The Kier molecular flexibility index (Phi) is 4.98. The SMILES string of the molecule is COCc1nc(Cc2ccccc2OC)sc1C(C)(C)N. The van der Waals surface area contributed by atoms with Crippen molar-refractivity contribution in [2.75, 3.05) is 14.2 Å². The lowest BCUT2D eigenvalue weighted by atomic mass is 10.0. The monoisotopic (exact) mass is 306 g/mol. The van der Waals surface area contributed by atoms with E-state index < -0.39 is 5.54 Å². The molecule has 0 bridgehead atoms. The molecule has 21 heavy (non-hydrogen) atoms. The van der Waals surface area contributed by atoms with Gasteiger partial charge < -0.3 is 15.2 Å². The van der Waals surface area contributed by atoms with Crippen molar-refractivity contribution in [3.63, 3.8) is 0 Å². The number of nitrogens with zero attached hydrogens (tertiary/aromatic N) is 1. The van der Waals surface area contributed by atoms with E-state index in [1.54, 1.807) is 25.6 Å². The molecule has 0 aliphatic carbocycles. The average molecular weight is 306 g/mol. The summed E-state index contributed by atoms with van der Waals surface area (Å²) in [6, 6.07) is 8.00. The lowest BCUT2D eigenvalue weighted by Crippen LogP contribution is -2.28. The van der Waals surface area contributed by atoms with Crippen molar-refractivity contribution in [1.82, 2.24) is 4.98 Å². The van der Waals surface area contributed by atoms with Gasteiger partial charge in [-0.25, -0.2) is 4.98 Å². The molecule has 0 spiro atoms. The molecule has 0 fully saturated rings. The predicted octanol–water partition coefficient (Wildman–Crippen LogP) is 3.08. The second-order valence-electron chi connectivity index (χ2n) is 5.53. The van der Waals surface area contributed by atoms with E-state index in [9.17, 15) is 0 Å².